The smallest absolute Gasteiger partial charge is 0.251 e. The summed E-state index contributed by atoms with van der Waals surface area (Å²) in [6.07, 6.45) is 3.28. The van der Waals surface area contributed by atoms with E-state index in [1.807, 2.05) is 35.7 Å². The van der Waals surface area contributed by atoms with Crippen LogP contribution < -0.4 is 5.32 Å². The molecule has 0 aliphatic heterocycles. The topological polar surface area (TPSA) is 59.8 Å². The number of aromatic nitrogens is 3. The summed E-state index contributed by atoms with van der Waals surface area (Å²) in [4.78, 5) is 15.3. The number of benzene rings is 1. The van der Waals surface area contributed by atoms with E-state index < -0.39 is 0 Å². The van der Waals surface area contributed by atoms with Gasteiger partial charge in [-0.3, -0.25) is 4.79 Å². The lowest BCUT2D eigenvalue weighted by molar-refractivity contribution is 0.0918. The largest absolute Gasteiger partial charge is 0.347 e. The lowest BCUT2D eigenvalue weighted by Crippen LogP contribution is -2.42. The van der Waals surface area contributed by atoms with Crippen LogP contribution in [0.25, 0.3) is 10.4 Å². The first-order valence-electron chi connectivity index (χ1n) is 7.92. The fraction of sp³-hybridized carbons (Fsp3) is 0.278. The molecule has 2 aromatic heterocycles. The van der Waals surface area contributed by atoms with E-state index in [4.69, 9.17) is 0 Å². The number of nitrogens with zero attached hydrogens (tertiary/aromatic N) is 3. The Morgan fingerprint density at radius 1 is 1.17 bits per heavy atom. The van der Waals surface area contributed by atoms with Gasteiger partial charge >= 0.3 is 0 Å². The maximum atomic E-state index is 12.5. The minimum Gasteiger partial charge on any atom is -0.347 e. The van der Waals surface area contributed by atoms with Gasteiger partial charge in [0.05, 0.1) is 25.0 Å². The van der Waals surface area contributed by atoms with Crippen LogP contribution in [0.3, 0.4) is 0 Å². The SMILES string of the molecule is CC(C)[C@H](Cn1nccn1)NC(=O)c1ccc(-c2cccs2)cc1. The summed E-state index contributed by atoms with van der Waals surface area (Å²) < 4.78 is 0. The van der Waals surface area contributed by atoms with Gasteiger partial charge in [0.25, 0.3) is 5.91 Å². The van der Waals surface area contributed by atoms with Crippen molar-refractivity contribution >= 4 is 17.2 Å². The molecule has 2 heterocycles. The van der Waals surface area contributed by atoms with Crippen molar-refractivity contribution in [2.45, 2.75) is 26.4 Å². The summed E-state index contributed by atoms with van der Waals surface area (Å²) in [5.74, 6) is 0.212. The van der Waals surface area contributed by atoms with Gasteiger partial charge < -0.3 is 5.32 Å². The fourth-order valence-electron chi connectivity index (χ4n) is 2.42. The van der Waals surface area contributed by atoms with Crippen LogP contribution in [0.2, 0.25) is 0 Å². The molecule has 0 fully saturated rings. The number of hydrogen-bond donors (Lipinski definition) is 1. The summed E-state index contributed by atoms with van der Waals surface area (Å²) >= 11 is 1.69. The van der Waals surface area contributed by atoms with Gasteiger partial charge in [0.1, 0.15) is 0 Å². The van der Waals surface area contributed by atoms with Crippen LogP contribution in [-0.2, 0) is 6.54 Å². The number of hydrogen-bond acceptors (Lipinski definition) is 4. The van der Waals surface area contributed by atoms with Crippen molar-refractivity contribution in [2.75, 3.05) is 0 Å². The van der Waals surface area contributed by atoms with Crippen LogP contribution in [0.4, 0.5) is 0 Å². The molecule has 0 unspecified atom stereocenters. The Hall–Kier alpha value is -2.47. The first-order chi connectivity index (χ1) is 11.6. The highest BCUT2D eigenvalue weighted by molar-refractivity contribution is 7.13. The Kier molecular flexibility index (Phi) is 5.05. The molecule has 0 saturated heterocycles. The molecule has 0 bridgehead atoms. The predicted molar refractivity (Wildman–Crippen MR) is 95.9 cm³/mol. The van der Waals surface area contributed by atoms with Crippen molar-refractivity contribution in [1.82, 2.24) is 20.3 Å². The third kappa shape index (κ3) is 3.89. The van der Waals surface area contributed by atoms with Crippen LogP contribution in [0, 0.1) is 5.92 Å². The average Bonchev–Trinajstić information content (AvgIpc) is 3.28. The van der Waals surface area contributed by atoms with Gasteiger partial charge in [-0.05, 0) is 35.1 Å². The highest BCUT2D eigenvalue weighted by atomic mass is 32.1. The van der Waals surface area contributed by atoms with Crippen LogP contribution in [-0.4, -0.2) is 26.9 Å². The highest BCUT2D eigenvalue weighted by Gasteiger charge is 2.18. The molecule has 0 aliphatic carbocycles. The summed E-state index contributed by atoms with van der Waals surface area (Å²) in [5, 5.41) is 13.4. The normalized spacial score (nSPS) is 12.3. The monoisotopic (exact) mass is 340 g/mol. The predicted octanol–water partition coefficient (Wildman–Crippen LogP) is 3.46. The number of thiophene rings is 1. The van der Waals surface area contributed by atoms with Crippen LogP contribution in [0.5, 0.6) is 0 Å². The van der Waals surface area contributed by atoms with Gasteiger partial charge in [-0.1, -0.05) is 32.0 Å². The molecule has 124 valence electrons. The van der Waals surface area contributed by atoms with Crippen LogP contribution in [0.1, 0.15) is 24.2 Å². The van der Waals surface area contributed by atoms with E-state index in [1.54, 1.807) is 28.5 Å². The number of nitrogens with one attached hydrogen (secondary N) is 1. The zero-order valence-corrected chi connectivity index (χ0v) is 14.5. The Morgan fingerprint density at radius 2 is 1.88 bits per heavy atom. The molecular formula is C18H20N4OS. The van der Waals surface area contributed by atoms with E-state index in [2.05, 4.69) is 35.4 Å². The third-order valence-corrected chi connectivity index (χ3v) is 4.82. The van der Waals surface area contributed by atoms with Gasteiger partial charge in [0, 0.05) is 10.4 Å². The second-order valence-corrected chi connectivity index (χ2v) is 6.91. The maximum absolute atomic E-state index is 12.5. The Morgan fingerprint density at radius 3 is 2.46 bits per heavy atom. The van der Waals surface area contributed by atoms with E-state index >= 15 is 0 Å². The van der Waals surface area contributed by atoms with Crippen molar-refractivity contribution in [3.8, 4) is 10.4 Å². The molecule has 0 saturated carbocycles. The maximum Gasteiger partial charge on any atom is 0.251 e. The Labute approximate surface area is 145 Å². The quantitative estimate of drug-likeness (QED) is 0.747. The third-order valence-electron chi connectivity index (χ3n) is 3.90. The molecule has 3 aromatic rings. The number of carbonyl (C=O) groups is 1. The van der Waals surface area contributed by atoms with Crippen LogP contribution >= 0.6 is 11.3 Å². The highest BCUT2D eigenvalue weighted by Crippen LogP contribution is 2.24. The second-order valence-electron chi connectivity index (χ2n) is 5.96. The van der Waals surface area contributed by atoms with E-state index in [1.165, 1.54) is 4.88 Å². The lowest BCUT2D eigenvalue weighted by atomic mass is 10.0. The van der Waals surface area contributed by atoms with Gasteiger partial charge in [-0.15, -0.1) is 11.3 Å². The molecule has 3 rings (SSSR count). The van der Waals surface area contributed by atoms with Crippen molar-refractivity contribution in [2.24, 2.45) is 5.92 Å². The molecule has 5 nitrogen and oxygen atoms in total. The average molecular weight is 340 g/mol. The van der Waals surface area contributed by atoms with Gasteiger partial charge in [-0.25, -0.2) is 0 Å². The molecule has 0 spiro atoms. The first kappa shape index (κ1) is 16.4. The number of carbonyl (C=O) groups excluding carboxylic acids is 1. The molecule has 0 radical (unpaired) electrons. The fourth-order valence-corrected chi connectivity index (χ4v) is 3.15. The second kappa shape index (κ2) is 7.40. The summed E-state index contributed by atoms with van der Waals surface area (Å²) in [7, 11) is 0. The molecule has 1 aromatic carbocycles. The van der Waals surface area contributed by atoms with Gasteiger partial charge in [0.15, 0.2) is 0 Å². The molecular weight excluding hydrogens is 320 g/mol. The van der Waals surface area contributed by atoms with E-state index in [-0.39, 0.29) is 17.9 Å². The van der Waals surface area contributed by atoms with E-state index in [0.717, 1.165) is 5.56 Å². The summed E-state index contributed by atoms with van der Waals surface area (Å²) in [5.41, 5.74) is 1.79. The summed E-state index contributed by atoms with van der Waals surface area (Å²) in [6, 6.07) is 11.8. The van der Waals surface area contributed by atoms with E-state index in [0.29, 0.717) is 12.1 Å². The van der Waals surface area contributed by atoms with E-state index in [9.17, 15) is 4.79 Å². The standard InChI is InChI=1S/C18H20N4OS/c1-13(2)16(12-22-19-9-10-20-22)21-18(23)15-7-5-14(6-8-15)17-4-3-11-24-17/h3-11,13,16H,12H2,1-2H3,(H,21,23)/t16-/m0/s1. The minimum absolute atomic E-state index is 0.0260. The Balaban J connectivity index is 1.68. The zero-order chi connectivity index (χ0) is 16.9. The van der Waals surface area contributed by atoms with Crippen molar-refractivity contribution in [3.05, 3.63) is 59.7 Å². The zero-order valence-electron chi connectivity index (χ0n) is 13.7. The molecule has 6 heteroatoms. The Bertz CT molecular complexity index is 764. The van der Waals surface area contributed by atoms with Crippen molar-refractivity contribution in [3.63, 3.8) is 0 Å². The number of amides is 1. The molecule has 1 amide bonds. The lowest BCUT2D eigenvalue weighted by Gasteiger charge is -2.21. The minimum atomic E-state index is -0.0708. The molecule has 0 aliphatic rings. The summed E-state index contributed by atoms with van der Waals surface area (Å²) in [6.45, 7) is 4.71. The van der Waals surface area contributed by atoms with Gasteiger partial charge in [-0.2, -0.15) is 15.0 Å². The number of rotatable bonds is 6. The molecule has 1 atom stereocenters. The van der Waals surface area contributed by atoms with Gasteiger partial charge in [0.2, 0.25) is 0 Å². The van der Waals surface area contributed by atoms with Crippen molar-refractivity contribution in [1.29, 1.82) is 0 Å². The van der Waals surface area contributed by atoms with Crippen LogP contribution in [0.15, 0.2) is 54.2 Å². The first-order valence-corrected chi connectivity index (χ1v) is 8.80. The van der Waals surface area contributed by atoms with Crippen molar-refractivity contribution < 1.29 is 4.79 Å². The molecule has 24 heavy (non-hydrogen) atoms. The molecule has 1 N–H and O–H groups in total.